The van der Waals surface area contributed by atoms with E-state index >= 15 is 0 Å². The highest BCUT2D eigenvalue weighted by Crippen LogP contribution is 2.38. The summed E-state index contributed by atoms with van der Waals surface area (Å²) in [4.78, 5) is 37.3. The van der Waals surface area contributed by atoms with Crippen molar-refractivity contribution in [2.45, 2.75) is 174 Å². The monoisotopic (exact) mass is 704 g/mol. The zero-order valence-corrected chi connectivity index (χ0v) is 32.6. The second kappa shape index (κ2) is 31.7. The average molecular weight is 704 g/mol. The van der Waals surface area contributed by atoms with E-state index in [9.17, 15) is 19.0 Å². The number of carbonyl (C=O) groups is 2. The number of ether oxygens (including phenoxy) is 2. The molecule has 0 aliphatic heterocycles. The second-order valence-corrected chi connectivity index (χ2v) is 15.7. The Bertz CT molecular complexity index is 845. The van der Waals surface area contributed by atoms with Crippen LogP contribution in [0.1, 0.15) is 168 Å². The van der Waals surface area contributed by atoms with E-state index in [1.807, 2.05) is 21.1 Å². The first-order valence-electron chi connectivity index (χ1n) is 19.4. The molecule has 0 saturated carbocycles. The van der Waals surface area contributed by atoms with Gasteiger partial charge in [-0.25, -0.2) is 0 Å². The molecule has 2 atom stereocenters. The van der Waals surface area contributed by atoms with Crippen LogP contribution in [0.25, 0.3) is 0 Å². The quantitative estimate of drug-likeness (QED) is 0.0211. The first-order chi connectivity index (χ1) is 23.0. The van der Waals surface area contributed by atoms with E-state index in [-0.39, 0.29) is 32.0 Å². The molecule has 0 aliphatic carbocycles. The highest BCUT2D eigenvalue weighted by molar-refractivity contribution is 7.45. The standard InChI is InChI=1S/C38H74NO8P/c1-6-8-10-12-14-16-18-19-20-21-23-25-27-29-31-38(41)47-36(35-46-48(42,43)45-33-32-39(3,4)5)34-44-37(40)30-28-26-24-22-17-15-13-11-9-7-2/h18-19,36H,6-17,20-35H2,1-5H3/b19-18+/t36-/m1/s1. The Balaban J connectivity index is 4.44. The minimum absolute atomic E-state index is 0.0298. The van der Waals surface area contributed by atoms with Crippen LogP contribution < -0.4 is 4.89 Å². The van der Waals surface area contributed by atoms with Crippen molar-refractivity contribution in [3.63, 3.8) is 0 Å². The summed E-state index contributed by atoms with van der Waals surface area (Å²) >= 11 is 0. The Labute approximate surface area is 295 Å². The molecule has 0 N–H and O–H groups in total. The Morgan fingerprint density at radius 2 is 1.06 bits per heavy atom. The van der Waals surface area contributed by atoms with Gasteiger partial charge in [0.05, 0.1) is 27.7 Å². The average Bonchev–Trinajstić information content (AvgIpc) is 3.02. The fourth-order valence-corrected chi connectivity index (χ4v) is 5.91. The predicted octanol–water partition coefficient (Wildman–Crippen LogP) is 9.61. The van der Waals surface area contributed by atoms with Gasteiger partial charge in [0.15, 0.2) is 6.10 Å². The molecule has 0 radical (unpaired) electrons. The summed E-state index contributed by atoms with van der Waals surface area (Å²) in [6.07, 6.45) is 29.5. The molecule has 0 fully saturated rings. The molecule has 48 heavy (non-hydrogen) atoms. The topological polar surface area (TPSA) is 111 Å². The van der Waals surface area contributed by atoms with E-state index in [4.69, 9.17) is 18.5 Å². The number of hydrogen-bond donors (Lipinski definition) is 0. The lowest BCUT2D eigenvalue weighted by atomic mass is 10.1. The lowest BCUT2D eigenvalue weighted by molar-refractivity contribution is -0.870. The molecule has 0 aromatic rings. The smallest absolute Gasteiger partial charge is 0.306 e. The number of unbranched alkanes of at least 4 members (excludes halogenated alkanes) is 19. The van der Waals surface area contributed by atoms with Crippen LogP contribution in [0.3, 0.4) is 0 Å². The Hall–Kier alpha value is -1.25. The van der Waals surface area contributed by atoms with Crippen molar-refractivity contribution in [3.05, 3.63) is 12.2 Å². The van der Waals surface area contributed by atoms with Crippen LogP contribution >= 0.6 is 7.82 Å². The minimum atomic E-state index is -4.61. The summed E-state index contributed by atoms with van der Waals surface area (Å²) < 4.78 is 33.7. The van der Waals surface area contributed by atoms with E-state index in [1.165, 1.54) is 83.5 Å². The maximum Gasteiger partial charge on any atom is 0.306 e. The van der Waals surface area contributed by atoms with Gasteiger partial charge in [0, 0.05) is 12.8 Å². The Morgan fingerprint density at radius 3 is 1.54 bits per heavy atom. The third-order valence-electron chi connectivity index (χ3n) is 8.29. The molecule has 0 bridgehead atoms. The third kappa shape index (κ3) is 34.6. The van der Waals surface area contributed by atoms with Crippen LogP contribution in [0, 0.1) is 0 Å². The maximum atomic E-state index is 12.6. The summed E-state index contributed by atoms with van der Waals surface area (Å²) in [6.45, 7) is 4.18. The van der Waals surface area contributed by atoms with Crippen LogP contribution in [0.5, 0.6) is 0 Å². The van der Waals surface area contributed by atoms with E-state index < -0.39 is 26.5 Å². The second-order valence-electron chi connectivity index (χ2n) is 14.3. The van der Waals surface area contributed by atoms with Gasteiger partial charge in [-0.2, -0.15) is 0 Å². The summed E-state index contributed by atoms with van der Waals surface area (Å²) in [6, 6.07) is 0. The van der Waals surface area contributed by atoms with E-state index in [0.29, 0.717) is 17.4 Å². The van der Waals surface area contributed by atoms with Gasteiger partial charge >= 0.3 is 11.9 Å². The number of rotatable bonds is 35. The molecule has 0 saturated heterocycles. The summed E-state index contributed by atoms with van der Waals surface area (Å²) in [5.74, 6) is -0.843. The van der Waals surface area contributed by atoms with Crippen molar-refractivity contribution in [1.29, 1.82) is 0 Å². The number of allylic oxidation sites excluding steroid dienone is 2. The highest BCUT2D eigenvalue weighted by atomic mass is 31.2. The lowest BCUT2D eigenvalue weighted by Crippen LogP contribution is -2.37. The fourth-order valence-electron chi connectivity index (χ4n) is 5.18. The number of esters is 2. The largest absolute Gasteiger partial charge is 0.756 e. The normalized spacial score (nSPS) is 13.9. The van der Waals surface area contributed by atoms with Crippen molar-refractivity contribution in [1.82, 2.24) is 0 Å². The van der Waals surface area contributed by atoms with Gasteiger partial charge in [0.2, 0.25) is 0 Å². The first-order valence-corrected chi connectivity index (χ1v) is 20.9. The van der Waals surface area contributed by atoms with Crippen LogP contribution in [0.2, 0.25) is 0 Å². The van der Waals surface area contributed by atoms with Gasteiger partial charge < -0.3 is 27.9 Å². The highest BCUT2D eigenvalue weighted by Gasteiger charge is 2.21. The van der Waals surface area contributed by atoms with Gasteiger partial charge in [-0.1, -0.05) is 129 Å². The lowest BCUT2D eigenvalue weighted by Gasteiger charge is -2.28. The molecule has 0 aromatic heterocycles. The molecule has 0 rings (SSSR count). The molecule has 9 nitrogen and oxygen atoms in total. The Kier molecular flexibility index (Phi) is 30.9. The summed E-state index contributed by atoms with van der Waals surface area (Å²) in [7, 11) is 1.16. The maximum absolute atomic E-state index is 12.6. The van der Waals surface area contributed by atoms with Crippen molar-refractivity contribution in [2.24, 2.45) is 0 Å². The van der Waals surface area contributed by atoms with Crippen molar-refractivity contribution in [3.8, 4) is 0 Å². The third-order valence-corrected chi connectivity index (χ3v) is 9.25. The summed E-state index contributed by atoms with van der Waals surface area (Å²) in [5.41, 5.74) is 0. The molecular weight excluding hydrogens is 629 g/mol. The van der Waals surface area contributed by atoms with Crippen LogP contribution in [-0.4, -0.2) is 70.0 Å². The fraction of sp³-hybridized carbons (Fsp3) is 0.895. The number of likely N-dealkylation sites (N-methyl/N-ethyl adjacent to an activating group) is 1. The van der Waals surface area contributed by atoms with Crippen LogP contribution in [0.4, 0.5) is 0 Å². The number of carbonyl (C=O) groups excluding carboxylic acids is 2. The van der Waals surface area contributed by atoms with Crippen LogP contribution in [0.15, 0.2) is 12.2 Å². The van der Waals surface area contributed by atoms with Gasteiger partial charge in [0.1, 0.15) is 19.8 Å². The number of phosphoric ester groups is 1. The van der Waals surface area contributed by atoms with Crippen molar-refractivity contribution in [2.75, 3.05) is 47.5 Å². The summed E-state index contributed by atoms with van der Waals surface area (Å²) in [5, 5.41) is 0. The number of hydrogen-bond acceptors (Lipinski definition) is 8. The van der Waals surface area contributed by atoms with Gasteiger partial charge in [0.25, 0.3) is 7.82 Å². The van der Waals surface area contributed by atoms with Gasteiger partial charge in [-0.15, -0.1) is 0 Å². The molecule has 284 valence electrons. The van der Waals surface area contributed by atoms with Crippen molar-refractivity contribution < 1.29 is 42.1 Å². The van der Waals surface area contributed by atoms with E-state index in [0.717, 1.165) is 51.4 Å². The number of nitrogens with zero attached hydrogens (tertiary/aromatic N) is 1. The molecule has 0 amide bonds. The molecule has 0 spiro atoms. The minimum Gasteiger partial charge on any atom is -0.756 e. The molecule has 0 heterocycles. The zero-order chi connectivity index (χ0) is 35.8. The van der Waals surface area contributed by atoms with E-state index in [1.54, 1.807) is 0 Å². The molecular formula is C38H74NO8P. The van der Waals surface area contributed by atoms with Gasteiger partial charge in [-0.3, -0.25) is 14.2 Å². The molecule has 10 heteroatoms. The zero-order valence-electron chi connectivity index (χ0n) is 31.7. The molecule has 0 aromatic carbocycles. The Morgan fingerprint density at radius 1 is 0.625 bits per heavy atom. The van der Waals surface area contributed by atoms with Crippen molar-refractivity contribution >= 4 is 19.8 Å². The SMILES string of the molecule is CCCCCCC/C=C/CCCCCCCC(=O)O[C@H](COC(=O)CCCCCCCCCCCC)COP(=O)([O-])OCC[N+](C)(C)C. The predicted molar refractivity (Wildman–Crippen MR) is 195 cm³/mol. The number of quaternary nitrogens is 1. The molecule has 1 unspecified atom stereocenters. The number of phosphoric acid groups is 1. The van der Waals surface area contributed by atoms with Gasteiger partial charge in [-0.05, 0) is 38.5 Å². The first kappa shape index (κ1) is 46.8. The molecule has 0 aliphatic rings. The van der Waals surface area contributed by atoms with E-state index in [2.05, 4.69) is 26.0 Å². The van der Waals surface area contributed by atoms with Crippen LogP contribution in [-0.2, 0) is 32.7 Å².